The molecule has 5 heteroatoms. The van der Waals surface area contributed by atoms with Crippen LogP contribution in [0.25, 0.3) is 0 Å². The summed E-state index contributed by atoms with van der Waals surface area (Å²) in [5, 5.41) is 3.22. The van der Waals surface area contributed by atoms with Crippen LogP contribution in [0.2, 0.25) is 0 Å². The molecule has 2 aromatic rings. The molecule has 0 saturated carbocycles. The molecule has 5 nitrogen and oxygen atoms in total. The zero-order valence-electron chi connectivity index (χ0n) is 11.8. The van der Waals surface area contributed by atoms with Crippen LogP contribution in [0, 0.1) is 0 Å². The zero-order chi connectivity index (χ0) is 13.7. The summed E-state index contributed by atoms with van der Waals surface area (Å²) in [5.74, 6) is 2.32. The lowest BCUT2D eigenvalue weighted by Crippen LogP contribution is -2.08. The third-order valence-corrected chi connectivity index (χ3v) is 2.86. The predicted octanol–water partition coefficient (Wildman–Crippen LogP) is 2.67. The van der Waals surface area contributed by atoms with E-state index < -0.39 is 0 Å². The molecule has 0 spiro atoms. The van der Waals surface area contributed by atoms with Gasteiger partial charge in [0.1, 0.15) is 11.6 Å². The van der Waals surface area contributed by atoms with Crippen LogP contribution in [0.5, 0.6) is 0 Å². The Kier molecular flexibility index (Phi) is 4.49. The van der Waals surface area contributed by atoms with Crippen LogP contribution in [-0.2, 0) is 6.54 Å². The molecule has 1 N–H and O–H groups in total. The molecule has 0 aromatic carbocycles. The minimum Gasteiger partial charge on any atom is -0.369 e. The molecule has 0 aliphatic heterocycles. The van der Waals surface area contributed by atoms with Crippen molar-refractivity contribution in [2.75, 3.05) is 11.9 Å². The lowest BCUT2D eigenvalue weighted by molar-refractivity contribution is 0.659. The van der Waals surface area contributed by atoms with E-state index in [1.807, 2.05) is 18.6 Å². The van der Waals surface area contributed by atoms with E-state index in [2.05, 4.69) is 45.6 Å². The summed E-state index contributed by atoms with van der Waals surface area (Å²) in [6.07, 6.45) is 8.51. The molecule has 102 valence electrons. The van der Waals surface area contributed by atoms with Gasteiger partial charge in [0.2, 0.25) is 0 Å². The Morgan fingerprint density at radius 3 is 2.68 bits per heavy atom. The van der Waals surface area contributed by atoms with Gasteiger partial charge in [0, 0.05) is 24.9 Å². The second-order valence-electron chi connectivity index (χ2n) is 4.89. The Morgan fingerprint density at radius 1 is 1.21 bits per heavy atom. The molecule has 0 unspecified atom stereocenters. The maximum atomic E-state index is 4.43. The minimum absolute atomic E-state index is 0.411. The first-order valence-corrected chi connectivity index (χ1v) is 6.76. The first kappa shape index (κ1) is 13.5. The molecule has 0 atom stereocenters. The van der Waals surface area contributed by atoms with Gasteiger partial charge in [-0.15, -0.1) is 0 Å². The van der Waals surface area contributed by atoms with Crippen molar-refractivity contribution in [3.63, 3.8) is 0 Å². The van der Waals surface area contributed by atoms with Crippen molar-refractivity contribution in [2.45, 2.75) is 39.7 Å². The van der Waals surface area contributed by atoms with E-state index >= 15 is 0 Å². The van der Waals surface area contributed by atoms with Gasteiger partial charge in [-0.3, -0.25) is 4.98 Å². The molecule has 0 radical (unpaired) electrons. The maximum Gasteiger partial charge on any atom is 0.144 e. The van der Waals surface area contributed by atoms with Crippen molar-refractivity contribution in [1.82, 2.24) is 19.5 Å². The monoisotopic (exact) mass is 259 g/mol. The van der Waals surface area contributed by atoms with Crippen LogP contribution in [0.15, 0.2) is 24.8 Å². The number of nitrogens with zero attached hydrogens (tertiary/aromatic N) is 4. The zero-order valence-corrected chi connectivity index (χ0v) is 11.8. The molecule has 0 fully saturated rings. The summed E-state index contributed by atoms with van der Waals surface area (Å²) >= 11 is 0. The van der Waals surface area contributed by atoms with Crippen LogP contribution < -0.4 is 5.32 Å². The summed E-state index contributed by atoms with van der Waals surface area (Å²) in [7, 11) is 0. The van der Waals surface area contributed by atoms with E-state index in [4.69, 9.17) is 0 Å². The largest absolute Gasteiger partial charge is 0.369 e. The number of anilines is 1. The lowest BCUT2D eigenvalue weighted by atomic mass is 10.2. The van der Waals surface area contributed by atoms with Crippen molar-refractivity contribution < 1.29 is 0 Å². The Morgan fingerprint density at radius 2 is 2.05 bits per heavy atom. The average molecular weight is 259 g/mol. The van der Waals surface area contributed by atoms with E-state index in [1.54, 1.807) is 6.20 Å². The SMILES string of the molecule is CCCNc1cnc(Cn2ccnc2C(C)C)cn1. The van der Waals surface area contributed by atoms with E-state index in [0.29, 0.717) is 12.5 Å². The highest BCUT2D eigenvalue weighted by atomic mass is 15.1. The van der Waals surface area contributed by atoms with Crippen molar-refractivity contribution in [3.05, 3.63) is 36.3 Å². The fourth-order valence-electron chi connectivity index (χ4n) is 1.91. The van der Waals surface area contributed by atoms with Crippen molar-refractivity contribution in [3.8, 4) is 0 Å². The summed E-state index contributed by atoms with van der Waals surface area (Å²) < 4.78 is 2.12. The average Bonchev–Trinajstić information content (AvgIpc) is 2.86. The third-order valence-electron chi connectivity index (χ3n) is 2.86. The van der Waals surface area contributed by atoms with Gasteiger partial charge in [0.25, 0.3) is 0 Å². The standard InChI is InChI=1S/C14H21N5/c1-4-5-15-13-9-17-12(8-18-13)10-19-7-6-16-14(19)11(2)3/h6-9,11H,4-5,10H2,1-3H3,(H,15,18). The molecule has 0 aliphatic carbocycles. The summed E-state index contributed by atoms with van der Waals surface area (Å²) in [4.78, 5) is 13.2. The molecular weight excluding hydrogens is 238 g/mol. The Balaban J connectivity index is 2.04. The van der Waals surface area contributed by atoms with E-state index in [1.165, 1.54) is 0 Å². The Labute approximate surface area is 114 Å². The fraction of sp³-hybridized carbons (Fsp3) is 0.500. The van der Waals surface area contributed by atoms with Crippen LogP contribution in [0.4, 0.5) is 5.82 Å². The van der Waals surface area contributed by atoms with Gasteiger partial charge in [0.15, 0.2) is 0 Å². The van der Waals surface area contributed by atoms with Gasteiger partial charge in [0.05, 0.1) is 24.6 Å². The molecule has 19 heavy (non-hydrogen) atoms. The lowest BCUT2D eigenvalue weighted by Gasteiger charge is -2.10. The van der Waals surface area contributed by atoms with Crippen LogP contribution >= 0.6 is 0 Å². The van der Waals surface area contributed by atoms with Gasteiger partial charge >= 0.3 is 0 Å². The van der Waals surface area contributed by atoms with E-state index in [9.17, 15) is 0 Å². The minimum atomic E-state index is 0.411. The number of imidazole rings is 1. The smallest absolute Gasteiger partial charge is 0.144 e. The quantitative estimate of drug-likeness (QED) is 0.866. The number of hydrogen-bond donors (Lipinski definition) is 1. The van der Waals surface area contributed by atoms with Crippen LogP contribution in [-0.4, -0.2) is 26.1 Å². The highest BCUT2D eigenvalue weighted by molar-refractivity contribution is 5.30. The topological polar surface area (TPSA) is 55.6 Å². The molecule has 0 saturated heterocycles. The van der Waals surface area contributed by atoms with E-state index in [0.717, 1.165) is 30.3 Å². The molecular formula is C14H21N5. The predicted molar refractivity (Wildman–Crippen MR) is 76.2 cm³/mol. The van der Waals surface area contributed by atoms with Gasteiger partial charge in [-0.1, -0.05) is 20.8 Å². The number of aromatic nitrogens is 4. The first-order valence-electron chi connectivity index (χ1n) is 6.76. The summed E-state index contributed by atoms with van der Waals surface area (Å²) in [5.41, 5.74) is 0.946. The van der Waals surface area contributed by atoms with Gasteiger partial charge in [-0.25, -0.2) is 9.97 Å². The van der Waals surface area contributed by atoms with Crippen molar-refractivity contribution in [2.24, 2.45) is 0 Å². The van der Waals surface area contributed by atoms with E-state index in [-0.39, 0.29) is 0 Å². The summed E-state index contributed by atoms with van der Waals surface area (Å²) in [6, 6.07) is 0. The number of rotatable bonds is 6. The molecule has 2 heterocycles. The number of nitrogens with one attached hydrogen (secondary N) is 1. The molecule has 0 aliphatic rings. The Bertz CT molecular complexity index is 501. The second-order valence-corrected chi connectivity index (χ2v) is 4.89. The summed E-state index contributed by atoms with van der Waals surface area (Å²) in [6.45, 7) is 8.05. The molecule has 2 rings (SSSR count). The molecule has 2 aromatic heterocycles. The highest BCUT2D eigenvalue weighted by Crippen LogP contribution is 2.13. The maximum absolute atomic E-state index is 4.43. The Hall–Kier alpha value is -1.91. The van der Waals surface area contributed by atoms with Gasteiger partial charge in [-0.2, -0.15) is 0 Å². The number of hydrogen-bond acceptors (Lipinski definition) is 4. The van der Waals surface area contributed by atoms with Crippen LogP contribution in [0.3, 0.4) is 0 Å². The molecule has 0 bridgehead atoms. The van der Waals surface area contributed by atoms with Crippen molar-refractivity contribution >= 4 is 5.82 Å². The molecule has 0 amide bonds. The van der Waals surface area contributed by atoms with Crippen molar-refractivity contribution in [1.29, 1.82) is 0 Å². The first-order chi connectivity index (χ1) is 9.20. The highest BCUT2D eigenvalue weighted by Gasteiger charge is 2.08. The third kappa shape index (κ3) is 3.53. The van der Waals surface area contributed by atoms with Gasteiger partial charge < -0.3 is 9.88 Å². The van der Waals surface area contributed by atoms with Gasteiger partial charge in [-0.05, 0) is 6.42 Å². The van der Waals surface area contributed by atoms with Crippen LogP contribution in [0.1, 0.15) is 44.6 Å². The second kappa shape index (κ2) is 6.31. The fourth-order valence-corrected chi connectivity index (χ4v) is 1.91. The normalized spacial score (nSPS) is 10.9.